The Hall–Kier alpha value is -2.06. The molecule has 0 fully saturated rings. The summed E-state index contributed by atoms with van der Waals surface area (Å²) in [4.78, 5) is 12.4. The normalized spacial score (nSPS) is 10.7. The molecule has 18 heavy (non-hydrogen) atoms. The molecule has 0 saturated heterocycles. The van der Waals surface area contributed by atoms with Gasteiger partial charge in [-0.1, -0.05) is 42.5 Å². The maximum absolute atomic E-state index is 12.4. The summed E-state index contributed by atoms with van der Waals surface area (Å²) in [5.74, 6) is -0.120. The summed E-state index contributed by atoms with van der Waals surface area (Å²) >= 11 is 5.85. The first-order valence-corrected chi connectivity index (χ1v) is 5.90. The Morgan fingerprint density at radius 3 is 2.50 bits per heavy atom. The van der Waals surface area contributed by atoms with Crippen molar-refractivity contribution in [1.82, 2.24) is 0 Å². The number of hydrogen-bond acceptors (Lipinski definition) is 2. The van der Waals surface area contributed by atoms with Gasteiger partial charge in [-0.2, -0.15) is 0 Å². The van der Waals surface area contributed by atoms with Crippen LogP contribution in [0.2, 0.25) is 5.22 Å². The van der Waals surface area contributed by atoms with Crippen molar-refractivity contribution in [2.24, 2.45) is 0 Å². The highest BCUT2D eigenvalue weighted by Gasteiger charge is 2.17. The van der Waals surface area contributed by atoms with E-state index in [2.05, 4.69) is 0 Å². The van der Waals surface area contributed by atoms with Crippen LogP contribution < -0.4 is 0 Å². The van der Waals surface area contributed by atoms with Crippen molar-refractivity contribution in [1.29, 1.82) is 0 Å². The quantitative estimate of drug-likeness (QED) is 0.639. The fraction of sp³-hybridized carbons (Fsp3) is 0. The van der Waals surface area contributed by atoms with Crippen LogP contribution in [0.4, 0.5) is 0 Å². The third-order valence-corrected chi connectivity index (χ3v) is 3.19. The van der Waals surface area contributed by atoms with Crippen LogP contribution in [-0.4, -0.2) is 5.78 Å². The van der Waals surface area contributed by atoms with Crippen molar-refractivity contribution in [3.8, 4) is 0 Å². The van der Waals surface area contributed by atoms with Gasteiger partial charge in [-0.15, -0.1) is 0 Å². The molecule has 3 rings (SSSR count). The number of rotatable bonds is 2. The molecule has 3 heteroatoms. The van der Waals surface area contributed by atoms with Gasteiger partial charge in [-0.25, -0.2) is 0 Å². The largest absolute Gasteiger partial charge is 0.452 e. The van der Waals surface area contributed by atoms with Gasteiger partial charge in [0.25, 0.3) is 0 Å². The van der Waals surface area contributed by atoms with Gasteiger partial charge in [0.05, 0.1) is 11.8 Å². The van der Waals surface area contributed by atoms with Crippen molar-refractivity contribution in [2.45, 2.75) is 0 Å². The molecule has 0 N–H and O–H groups in total. The summed E-state index contributed by atoms with van der Waals surface area (Å²) in [6.07, 6.45) is 1.42. The smallest absolute Gasteiger partial charge is 0.204 e. The Morgan fingerprint density at radius 2 is 1.72 bits per heavy atom. The number of carbonyl (C=O) groups excluding carboxylic acids is 1. The van der Waals surface area contributed by atoms with Crippen LogP contribution in [0.3, 0.4) is 0 Å². The van der Waals surface area contributed by atoms with Gasteiger partial charge in [-0.05, 0) is 28.4 Å². The highest BCUT2D eigenvalue weighted by molar-refractivity contribution is 6.34. The zero-order valence-electron chi connectivity index (χ0n) is 9.39. The molecular weight excluding hydrogens is 248 g/mol. The average Bonchev–Trinajstić information content (AvgIpc) is 2.83. The molecule has 0 aliphatic carbocycles. The van der Waals surface area contributed by atoms with E-state index in [1.807, 2.05) is 36.4 Å². The number of carbonyl (C=O) groups is 1. The first-order chi connectivity index (χ1) is 8.77. The molecule has 2 aromatic carbocycles. The van der Waals surface area contributed by atoms with Crippen molar-refractivity contribution in [2.75, 3.05) is 0 Å². The second-order valence-corrected chi connectivity index (χ2v) is 4.31. The predicted molar refractivity (Wildman–Crippen MR) is 71.1 cm³/mol. The van der Waals surface area contributed by atoms with Crippen molar-refractivity contribution >= 4 is 28.2 Å². The summed E-state index contributed by atoms with van der Waals surface area (Å²) in [7, 11) is 0. The lowest BCUT2D eigenvalue weighted by Gasteiger charge is -2.04. The highest BCUT2D eigenvalue weighted by Crippen LogP contribution is 2.25. The van der Waals surface area contributed by atoms with E-state index in [4.69, 9.17) is 16.0 Å². The van der Waals surface area contributed by atoms with Gasteiger partial charge < -0.3 is 4.42 Å². The average molecular weight is 257 g/mol. The van der Waals surface area contributed by atoms with Crippen LogP contribution in [0.25, 0.3) is 10.8 Å². The molecule has 2 nitrogen and oxygen atoms in total. The molecule has 1 heterocycles. The fourth-order valence-corrected chi connectivity index (χ4v) is 2.22. The Bertz CT molecular complexity index is 723. The van der Waals surface area contributed by atoms with E-state index >= 15 is 0 Å². The molecule has 0 aliphatic rings. The summed E-state index contributed by atoms with van der Waals surface area (Å²) in [5.41, 5.74) is 1.03. The first kappa shape index (κ1) is 11.1. The van der Waals surface area contributed by atoms with Gasteiger partial charge in [0.1, 0.15) is 0 Å². The number of benzene rings is 2. The molecule has 0 radical (unpaired) electrons. The SMILES string of the molecule is O=C(c1ccoc1Cl)c1cccc2ccccc12. The summed E-state index contributed by atoms with van der Waals surface area (Å²) in [6.45, 7) is 0. The standard InChI is InChI=1S/C15H9ClO2/c16-15-13(8-9-18-15)14(17)12-7-3-5-10-4-1-2-6-11(10)12/h1-9H. The predicted octanol–water partition coefficient (Wildman–Crippen LogP) is 4.32. The molecule has 0 amide bonds. The Labute approximate surface area is 109 Å². The van der Waals surface area contributed by atoms with Gasteiger partial charge in [0.2, 0.25) is 5.22 Å². The van der Waals surface area contributed by atoms with E-state index in [0.717, 1.165) is 10.8 Å². The molecule has 0 bridgehead atoms. The number of furan rings is 1. The number of hydrogen-bond donors (Lipinski definition) is 0. The molecule has 0 spiro atoms. The molecular formula is C15H9ClO2. The Balaban J connectivity index is 2.21. The molecule has 3 aromatic rings. The lowest BCUT2D eigenvalue weighted by Crippen LogP contribution is -2.01. The lowest BCUT2D eigenvalue weighted by molar-refractivity contribution is 0.104. The van der Waals surface area contributed by atoms with Crippen LogP contribution in [0, 0.1) is 0 Å². The van der Waals surface area contributed by atoms with E-state index in [1.54, 1.807) is 12.1 Å². The molecule has 88 valence electrons. The van der Waals surface area contributed by atoms with E-state index in [0.29, 0.717) is 11.1 Å². The van der Waals surface area contributed by atoms with Crippen molar-refractivity contribution < 1.29 is 9.21 Å². The molecule has 0 atom stereocenters. The topological polar surface area (TPSA) is 30.2 Å². The minimum Gasteiger partial charge on any atom is -0.452 e. The number of ketones is 1. The minimum atomic E-state index is -0.120. The maximum atomic E-state index is 12.4. The molecule has 0 saturated carbocycles. The summed E-state index contributed by atoms with van der Waals surface area (Å²) in [5, 5.41) is 2.08. The highest BCUT2D eigenvalue weighted by atomic mass is 35.5. The zero-order valence-corrected chi connectivity index (χ0v) is 10.1. The second-order valence-electron chi connectivity index (χ2n) is 3.96. The van der Waals surface area contributed by atoms with Crippen LogP contribution in [0.1, 0.15) is 15.9 Å². The van der Waals surface area contributed by atoms with Crippen LogP contribution in [-0.2, 0) is 0 Å². The monoisotopic (exact) mass is 256 g/mol. The first-order valence-electron chi connectivity index (χ1n) is 5.53. The number of halogens is 1. The maximum Gasteiger partial charge on any atom is 0.204 e. The van der Waals surface area contributed by atoms with E-state index in [-0.39, 0.29) is 11.0 Å². The Morgan fingerprint density at radius 1 is 0.944 bits per heavy atom. The minimum absolute atomic E-state index is 0.120. The van der Waals surface area contributed by atoms with Crippen LogP contribution in [0.15, 0.2) is 59.2 Å². The fourth-order valence-electron chi connectivity index (χ4n) is 2.02. The van der Waals surface area contributed by atoms with Crippen LogP contribution >= 0.6 is 11.6 Å². The molecule has 0 aliphatic heterocycles. The van der Waals surface area contributed by atoms with E-state index in [1.165, 1.54) is 6.26 Å². The zero-order chi connectivity index (χ0) is 12.5. The van der Waals surface area contributed by atoms with Crippen molar-refractivity contribution in [3.63, 3.8) is 0 Å². The van der Waals surface area contributed by atoms with Crippen LogP contribution in [0.5, 0.6) is 0 Å². The van der Waals surface area contributed by atoms with E-state index < -0.39 is 0 Å². The third kappa shape index (κ3) is 1.71. The molecule has 0 unspecified atom stereocenters. The second kappa shape index (κ2) is 4.31. The summed E-state index contributed by atoms with van der Waals surface area (Å²) < 4.78 is 4.96. The Kier molecular flexibility index (Phi) is 2.65. The third-order valence-electron chi connectivity index (χ3n) is 2.90. The van der Waals surface area contributed by atoms with Crippen molar-refractivity contribution in [3.05, 3.63) is 71.1 Å². The number of fused-ring (bicyclic) bond motifs is 1. The van der Waals surface area contributed by atoms with Gasteiger partial charge in [0, 0.05) is 5.56 Å². The molecule has 1 aromatic heterocycles. The van der Waals surface area contributed by atoms with Gasteiger partial charge >= 0.3 is 0 Å². The summed E-state index contributed by atoms with van der Waals surface area (Å²) in [6, 6.07) is 15.0. The van der Waals surface area contributed by atoms with Gasteiger partial charge in [-0.3, -0.25) is 4.79 Å². The van der Waals surface area contributed by atoms with Gasteiger partial charge in [0.15, 0.2) is 5.78 Å². The lowest BCUT2D eigenvalue weighted by atomic mass is 9.99. The van der Waals surface area contributed by atoms with E-state index in [9.17, 15) is 4.79 Å².